The number of rotatable bonds is 4. The van der Waals surface area contributed by atoms with E-state index in [0.29, 0.717) is 27.4 Å². The number of ether oxygens (including phenoxy) is 1. The minimum atomic E-state index is 0.506. The summed E-state index contributed by atoms with van der Waals surface area (Å²) in [5.41, 5.74) is 2.37. The van der Waals surface area contributed by atoms with Crippen molar-refractivity contribution in [2.75, 3.05) is 12.4 Å². The van der Waals surface area contributed by atoms with Crippen LogP contribution >= 0.6 is 23.2 Å². The molecule has 0 aliphatic heterocycles. The fraction of sp³-hybridized carbons (Fsp3) is 0.0500. The second-order valence-corrected chi connectivity index (χ2v) is 6.62. The Morgan fingerprint density at radius 3 is 2.63 bits per heavy atom. The molecule has 0 aliphatic carbocycles. The van der Waals surface area contributed by atoms with Crippen LogP contribution in [0.5, 0.6) is 5.75 Å². The topological polar surface area (TPSA) is 59.9 Å². The number of nitrogens with one attached hydrogen (secondary N) is 1. The highest BCUT2D eigenvalue weighted by Gasteiger charge is 2.11. The van der Waals surface area contributed by atoms with Crippen molar-refractivity contribution in [1.82, 2.24) is 15.0 Å². The number of anilines is 2. The van der Waals surface area contributed by atoms with E-state index in [4.69, 9.17) is 27.9 Å². The first-order valence-corrected chi connectivity index (χ1v) is 8.88. The Bertz CT molecular complexity index is 1120. The second-order valence-electron chi connectivity index (χ2n) is 5.77. The molecular weight excluding hydrogens is 383 g/mol. The van der Waals surface area contributed by atoms with Gasteiger partial charge in [0.2, 0.25) is 0 Å². The molecule has 0 radical (unpaired) electrons. The summed E-state index contributed by atoms with van der Waals surface area (Å²) in [5, 5.41) is 5.23. The Kier molecular flexibility index (Phi) is 4.79. The molecule has 0 unspecified atom stereocenters. The van der Waals surface area contributed by atoms with E-state index in [0.717, 1.165) is 22.2 Å². The molecule has 0 saturated carbocycles. The Hall–Kier alpha value is -2.89. The lowest BCUT2D eigenvalue weighted by Crippen LogP contribution is -2.00. The van der Waals surface area contributed by atoms with Gasteiger partial charge in [0.25, 0.3) is 0 Å². The fourth-order valence-electron chi connectivity index (χ4n) is 2.70. The average Bonchev–Trinajstić information content (AvgIpc) is 2.69. The van der Waals surface area contributed by atoms with Crippen molar-refractivity contribution in [1.29, 1.82) is 0 Å². The van der Waals surface area contributed by atoms with Gasteiger partial charge in [0.1, 0.15) is 11.6 Å². The Morgan fingerprint density at radius 2 is 1.89 bits per heavy atom. The lowest BCUT2D eigenvalue weighted by atomic mass is 10.2. The van der Waals surface area contributed by atoms with Crippen LogP contribution in [-0.2, 0) is 0 Å². The highest BCUT2D eigenvalue weighted by atomic mass is 35.5. The number of hydrogen-bond donors (Lipinski definition) is 1. The van der Waals surface area contributed by atoms with Gasteiger partial charge in [0.15, 0.2) is 5.82 Å². The summed E-state index contributed by atoms with van der Waals surface area (Å²) in [7, 11) is 1.58. The molecule has 27 heavy (non-hydrogen) atoms. The highest BCUT2D eigenvalue weighted by molar-refractivity contribution is 6.32. The monoisotopic (exact) mass is 396 g/mol. The first-order chi connectivity index (χ1) is 13.1. The summed E-state index contributed by atoms with van der Waals surface area (Å²) in [6.45, 7) is 0. The van der Waals surface area contributed by atoms with Gasteiger partial charge in [-0.1, -0.05) is 23.2 Å². The van der Waals surface area contributed by atoms with Crippen LogP contribution in [-0.4, -0.2) is 22.1 Å². The fourth-order valence-corrected chi connectivity index (χ4v) is 3.13. The summed E-state index contributed by atoms with van der Waals surface area (Å²) in [6.07, 6.45) is 3.44. The van der Waals surface area contributed by atoms with E-state index in [-0.39, 0.29) is 0 Å². The Balaban J connectivity index is 1.84. The molecule has 4 aromatic rings. The summed E-state index contributed by atoms with van der Waals surface area (Å²) in [6, 6.07) is 14.7. The van der Waals surface area contributed by atoms with E-state index >= 15 is 0 Å². The van der Waals surface area contributed by atoms with Crippen LogP contribution in [0.3, 0.4) is 0 Å². The van der Waals surface area contributed by atoms with Crippen LogP contribution in [0.4, 0.5) is 11.5 Å². The number of nitrogens with zero attached hydrogens (tertiary/aromatic N) is 3. The normalized spacial score (nSPS) is 10.8. The van der Waals surface area contributed by atoms with Crippen molar-refractivity contribution >= 4 is 45.6 Å². The molecule has 4 rings (SSSR count). The lowest BCUT2D eigenvalue weighted by Gasteiger charge is -2.12. The molecule has 0 saturated heterocycles. The van der Waals surface area contributed by atoms with Crippen LogP contribution in [0.1, 0.15) is 0 Å². The van der Waals surface area contributed by atoms with E-state index in [2.05, 4.69) is 20.3 Å². The standard InChI is InChI=1S/C20H14Cl2N4O/c1-27-18-7-5-14(10-16(18)22)24-20-15-9-13(21)4-6-17(15)25-19(26-20)12-3-2-8-23-11-12/h2-11H,1H3,(H,24,25,26). The van der Waals surface area contributed by atoms with Crippen molar-refractivity contribution in [2.45, 2.75) is 0 Å². The van der Waals surface area contributed by atoms with Gasteiger partial charge >= 0.3 is 0 Å². The number of fused-ring (bicyclic) bond motifs is 1. The minimum Gasteiger partial charge on any atom is -0.495 e. The van der Waals surface area contributed by atoms with Crippen molar-refractivity contribution < 1.29 is 4.74 Å². The van der Waals surface area contributed by atoms with Crippen LogP contribution < -0.4 is 10.1 Å². The van der Waals surface area contributed by atoms with Gasteiger partial charge in [0.05, 0.1) is 17.6 Å². The molecular formula is C20H14Cl2N4O. The Labute approximate surface area is 166 Å². The van der Waals surface area contributed by atoms with Gasteiger partial charge in [-0.05, 0) is 48.5 Å². The Morgan fingerprint density at radius 1 is 1.00 bits per heavy atom. The summed E-state index contributed by atoms with van der Waals surface area (Å²) < 4.78 is 5.20. The molecule has 2 heterocycles. The molecule has 0 aliphatic rings. The van der Waals surface area contributed by atoms with E-state index in [1.54, 1.807) is 37.7 Å². The largest absolute Gasteiger partial charge is 0.495 e. The lowest BCUT2D eigenvalue weighted by molar-refractivity contribution is 0.415. The minimum absolute atomic E-state index is 0.506. The number of methoxy groups -OCH3 is 1. The third-order valence-electron chi connectivity index (χ3n) is 3.99. The number of benzene rings is 2. The van der Waals surface area contributed by atoms with E-state index in [1.165, 1.54) is 0 Å². The zero-order valence-corrected chi connectivity index (χ0v) is 15.8. The molecule has 1 N–H and O–H groups in total. The molecule has 0 fully saturated rings. The summed E-state index contributed by atoms with van der Waals surface area (Å²) >= 11 is 12.4. The highest BCUT2D eigenvalue weighted by Crippen LogP contribution is 2.32. The van der Waals surface area contributed by atoms with Gasteiger partial charge < -0.3 is 10.1 Å². The van der Waals surface area contributed by atoms with Crippen LogP contribution in [0.2, 0.25) is 10.0 Å². The van der Waals surface area contributed by atoms with Crippen molar-refractivity contribution in [3.05, 3.63) is 71.0 Å². The second kappa shape index (κ2) is 7.39. The quantitative estimate of drug-likeness (QED) is 0.475. The van der Waals surface area contributed by atoms with E-state index < -0.39 is 0 Å². The molecule has 0 amide bonds. The predicted molar refractivity (Wildman–Crippen MR) is 109 cm³/mol. The van der Waals surface area contributed by atoms with Gasteiger partial charge in [-0.25, -0.2) is 9.97 Å². The number of hydrogen-bond acceptors (Lipinski definition) is 5. The average molecular weight is 397 g/mol. The first-order valence-electron chi connectivity index (χ1n) is 8.12. The number of aromatic nitrogens is 3. The summed E-state index contributed by atoms with van der Waals surface area (Å²) in [5.74, 6) is 1.80. The van der Waals surface area contributed by atoms with Gasteiger partial charge in [0, 0.05) is 34.1 Å². The smallest absolute Gasteiger partial charge is 0.163 e. The van der Waals surface area contributed by atoms with Crippen molar-refractivity contribution in [3.63, 3.8) is 0 Å². The zero-order chi connectivity index (χ0) is 18.8. The molecule has 0 bridgehead atoms. The third kappa shape index (κ3) is 3.65. The molecule has 2 aromatic heterocycles. The van der Waals surface area contributed by atoms with Crippen LogP contribution in [0.15, 0.2) is 60.9 Å². The number of halogens is 2. The van der Waals surface area contributed by atoms with Crippen molar-refractivity contribution in [3.8, 4) is 17.1 Å². The molecule has 5 nitrogen and oxygen atoms in total. The third-order valence-corrected chi connectivity index (χ3v) is 4.52. The molecule has 0 atom stereocenters. The van der Waals surface area contributed by atoms with Crippen LogP contribution in [0, 0.1) is 0 Å². The van der Waals surface area contributed by atoms with Gasteiger partial charge in [-0.3, -0.25) is 4.98 Å². The molecule has 2 aromatic carbocycles. The first kappa shape index (κ1) is 17.5. The maximum absolute atomic E-state index is 6.24. The van der Waals surface area contributed by atoms with Gasteiger partial charge in [-0.15, -0.1) is 0 Å². The maximum atomic E-state index is 6.24. The SMILES string of the molecule is COc1ccc(Nc2nc(-c3cccnc3)nc3ccc(Cl)cc23)cc1Cl. The zero-order valence-electron chi connectivity index (χ0n) is 14.3. The molecule has 0 spiro atoms. The predicted octanol–water partition coefficient (Wildman–Crippen LogP) is 5.75. The number of pyridine rings is 1. The van der Waals surface area contributed by atoms with Gasteiger partial charge in [-0.2, -0.15) is 0 Å². The maximum Gasteiger partial charge on any atom is 0.163 e. The summed E-state index contributed by atoms with van der Waals surface area (Å²) in [4.78, 5) is 13.5. The van der Waals surface area contributed by atoms with E-state index in [9.17, 15) is 0 Å². The van der Waals surface area contributed by atoms with Crippen molar-refractivity contribution in [2.24, 2.45) is 0 Å². The van der Waals surface area contributed by atoms with Crippen LogP contribution in [0.25, 0.3) is 22.3 Å². The molecule has 134 valence electrons. The van der Waals surface area contributed by atoms with E-state index in [1.807, 2.05) is 30.3 Å². The molecule has 7 heteroatoms.